The molecule has 0 radical (unpaired) electrons. The number of carbonyl (C=O) groups excluding carboxylic acids is 1. The third kappa shape index (κ3) is 4.33. The largest absolute Gasteiger partial charge is 0.382 e. The lowest BCUT2D eigenvalue weighted by atomic mass is 9.90. The van der Waals surface area contributed by atoms with E-state index in [0.29, 0.717) is 29.0 Å². The van der Waals surface area contributed by atoms with Crippen LogP contribution in [0.3, 0.4) is 0 Å². The van der Waals surface area contributed by atoms with Crippen molar-refractivity contribution in [2.45, 2.75) is 50.4 Å². The van der Waals surface area contributed by atoms with E-state index in [0.717, 1.165) is 50.1 Å². The molecule has 2 aliphatic heterocycles. The quantitative estimate of drug-likeness (QED) is 0.515. The topological polar surface area (TPSA) is 96.2 Å². The molecule has 0 atom stereocenters. The minimum absolute atomic E-state index is 0.370. The molecular formula is C21H28N6OS. The van der Waals surface area contributed by atoms with E-state index in [1.807, 2.05) is 0 Å². The van der Waals surface area contributed by atoms with Gasteiger partial charge >= 0.3 is 0 Å². The van der Waals surface area contributed by atoms with E-state index in [1.165, 1.54) is 29.5 Å². The number of nitrogen functional groups attached to an aromatic ring is 1. The predicted molar refractivity (Wildman–Crippen MR) is 118 cm³/mol. The number of nitrogens with two attached hydrogens (primary N) is 1. The highest BCUT2D eigenvalue weighted by atomic mass is 32.2. The summed E-state index contributed by atoms with van der Waals surface area (Å²) in [7, 11) is 1.77. The Bertz CT molecular complexity index is 903. The Balaban J connectivity index is 1.78. The summed E-state index contributed by atoms with van der Waals surface area (Å²) in [6, 6.07) is 4.51. The molecule has 1 aromatic heterocycles. The molecule has 3 heterocycles. The summed E-state index contributed by atoms with van der Waals surface area (Å²) in [5, 5.41) is 7.15. The second kappa shape index (κ2) is 9.00. The van der Waals surface area contributed by atoms with Crippen molar-refractivity contribution in [1.29, 1.82) is 0 Å². The lowest BCUT2D eigenvalue weighted by Gasteiger charge is -2.25. The first-order chi connectivity index (χ1) is 14.2. The summed E-state index contributed by atoms with van der Waals surface area (Å²) in [5.74, 6) is 1.85. The SMILES string of the molecule is CNc1c(N)nc2nc1N(C=O)Cc1cc(c3c(c1)CNCC3)CCCCCS2. The second-order valence-corrected chi connectivity index (χ2v) is 8.61. The van der Waals surface area contributed by atoms with Crippen molar-refractivity contribution in [3.8, 4) is 0 Å². The van der Waals surface area contributed by atoms with Crippen molar-refractivity contribution in [2.24, 2.45) is 0 Å². The third-order valence-corrected chi connectivity index (χ3v) is 6.52. The van der Waals surface area contributed by atoms with Gasteiger partial charge in [-0.1, -0.05) is 30.3 Å². The number of carbonyl (C=O) groups is 1. The molecule has 154 valence electrons. The highest BCUT2D eigenvalue weighted by Gasteiger charge is 2.20. The maximum atomic E-state index is 12.0. The smallest absolute Gasteiger partial charge is 0.215 e. The maximum absolute atomic E-state index is 12.0. The van der Waals surface area contributed by atoms with Crippen molar-refractivity contribution in [3.05, 3.63) is 34.4 Å². The number of nitrogens with one attached hydrogen (secondary N) is 2. The molecule has 2 aromatic rings. The fraction of sp³-hybridized carbons (Fsp3) is 0.476. The lowest BCUT2D eigenvalue weighted by Crippen LogP contribution is -2.27. The number of rotatable bonds is 2. The average Bonchev–Trinajstić information content (AvgIpc) is 2.73. The zero-order valence-electron chi connectivity index (χ0n) is 16.8. The fourth-order valence-electron chi connectivity index (χ4n) is 4.17. The van der Waals surface area contributed by atoms with Gasteiger partial charge in [0.15, 0.2) is 16.8 Å². The number of fused-ring (bicyclic) bond motifs is 6. The van der Waals surface area contributed by atoms with Crippen molar-refractivity contribution in [3.63, 3.8) is 0 Å². The first kappa shape index (κ1) is 20.0. The van der Waals surface area contributed by atoms with Gasteiger partial charge in [0.25, 0.3) is 0 Å². The number of benzene rings is 1. The summed E-state index contributed by atoms with van der Waals surface area (Å²) in [4.78, 5) is 22.7. The molecule has 0 saturated carbocycles. The van der Waals surface area contributed by atoms with E-state index >= 15 is 0 Å². The van der Waals surface area contributed by atoms with Crippen LogP contribution in [0.15, 0.2) is 17.3 Å². The monoisotopic (exact) mass is 412 g/mol. The first-order valence-electron chi connectivity index (χ1n) is 10.2. The highest BCUT2D eigenvalue weighted by molar-refractivity contribution is 7.99. The van der Waals surface area contributed by atoms with Gasteiger partial charge in [0.05, 0.1) is 6.54 Å². The molecule has 0 spiro atoms. The predicted octanol–water partition coefficient (Wildman–Crippen LogP) is 2.73. The summed E-state index contributed by atoms with van der Waals surface area (Å²) >= 11 is 1.60. The molecule has 7 nitrogen and oxygen atoms in total. The molecule has 0 unspecified atom stereocenters. The van der Waals surface area contributed by atoms with Gasteiger partial charge in [-0.15, -0.1) is 0 Å². The molecule has 4 bridgehead atoms. The van der Waals surface area contributed by atoms with E-state index < -0.39 is 0 Å². The summed E-state index contributed by atoms with van der Waals surface area (Å²) < 4.78 is 0. The molecule has 29 heavy (non-hydrogen) atoms. The number of amides is 1. The van der Waals surface area contributed by atoms with E-state index in [2.05, 4.69) is 32.7 Å². The van der Waals surface area contributed by atoms with Gasteiger partial charge in [0.1, 0.15) is 5.69 Å². The molecule has 0 fully saturated rings. The van der Waals surface area contributed by atoms with Crippen molar-refractivity contribution < 1.29 is 4.79 Å². The number of aryl methyl sites for hydroxylation is 1. The highest BCUT2D eigenvalue weighted by Crippen LogP contribution is 2.32. The minimum atomic E-state index is 0.370. The van der Waals surface area contributed by atoms with Crippen LogP contribution in [0.2, 0.25) is 0 Å². The zero-order valence-corrected chi connectivity index (χ0v) is 17.6. The average molecular weight is 413 g/mol. The van der Waals surface area contributed by atoms with E-state index in [1.54, 1.807) is 23.7 Å². The van der Waals surface area contributed by atoms with Crippen LogP contribution in [0.4, 0.5) is 17.3 Å². The van der Waals surface area contributed by atoms with Crippen LogP contribution >= 0.6 is 11.8 Å². The van der Waals surface area contributed by atoms with Crippen LogP contribution < -0.4 is 21.3 Å². The third-order valence-electron chi connectivity index (χ3n) is 5.58. The Morgan fingerprint density at radius 2 is 2.07 bits per heavy atom. The molecular weight excluding hydrogens is 384 g/mol. The molecule has 4 rings (SSSR count). The fourth-order valence-corrected chi connectivity index (χ4v) is 5.02. The Labute approximate surface area is 175 Å². The van der Waals surface area contributed by atoms with Gasteiger partial charge in [-0.2, -0.15) is 0 Å². The van der Waals surface area contributed by atoms with Crippen molar-refractivity contribution in [2.75, 3.05) is 35.3 Å². The lowest BCUT2D eigenvalue weighted by molar-refractivity contribution is -0.107. The van der Waals surface area contributed by atoms with Crippen molar-refractivity contribution >= 4 is 35.5 Å². The second-order valence-electron chi connectivity index (χ2n) is 7.55. The number of hydrogen-bond acceptors (Lipinski definition) is 7. The van der Waals surface area contributed by atoms with Gasteiger partial charge < -0.3 is 16.4 Å². The molecule has 4 N–H and O–H groups in total. The summed E-state index contributed by atoms with van der Waals surface area (Å²) in [5.41, 5.74) is 12.2. The zero-order chi connectivity index (χ0) is 20.2. The van der Waals surface area contributed by atoms with Crippen LogP contribution in [0.25, 0.3) is 0 Å². The number of aromatic nitrogens is 2. The number of anilines is 3. The van der Waals surface area contributed by atoms with Crippen LogP contribution in [0.1, 0.15) is 41.5 Å². The maximum Gasteiger partial charge on any atom is 0.215 e. The van der Waals surface area contributed by atoms with E-state index in [4.69, 9.17) is 5.73 Å². The number of hydrogen-bond donors (Lipinski definition) is 3. The summed E-state index contributed by atoms with van der Waals surface area (Å²) in [6.45, 7) is 2.38. The number of thioether (sulfide) groups is 1. The molecule has 2 aliphatic rings. The van der Waals surface area contributed by atoms with Gasteiger partial charge in [0, 0.05) is 19.3 Å². The van der Waals surface area contributed by atoms with Crippen LogP contribution in [0.5, 0.6) is 0 Å². The molecule has 0 aliphatic carbocycles. The molecule has 0 saturated heterocycles. The number of nitrogens with zero attached hydrogens (tertiary/aromatic N) is 3. The Hall–Kier alpha value is -2.32. The van der Waals surface area contributed by atoms with Gasteiger partial charge in [-0.3, -0.25) is 9.69 Å². The van der Waals surface area contributed by atoms with Gasteiger partial charge in [0.2, 0.25) is 6.41 Å². The molecule has 1 aromatic carbocycles. The van der Waals surface area contributed by atoms with Crippen LogP contribution in [0, 0.1) is 0 Å². The van der Waals surface area contributed by atoms with Crippen LogP contribution in [-0.4, -0.2) is 35.7 Å². The van der Waals surface area contributed by atoms with E-state index in [-0.39, 0.29) is 0 Å². The Morgan fingerprint density at radius 1 is 1.21 bits per heavy atom. The van der Waals surface area contributed by atoms with Gasteiger partial charge in [-0.25, -0.2) is 9.97 Å². The van der Waals surface area contributed by atoms with Crippen molar-refractivity contribution in [1.82, 2.24) is 15.3 Å². The molecule has 8 heteroatoms. The Morgan fingerprint density at radius 3 is 2.90 bits per heavy atom. The first-order valence-corrected chi connectivity index (χ1v) is 11.2. The minimum Gasteiger partial charge on any atom is -0.382 e. The van der Waals surface area contributed by atoms with E-state index in [9.17, 15) is 4.79 Å². The molecule has 1 amide bonds. The summed E-state index contributed by atoms with van der Waals surface area (Å²) in [6.07, 6.45) is 6.47. The van der Waals surface area contributed by atoms with Gasteiger partial charge in [-0.05, 0) is 54.5 Å². The Kier molecular flexibility index (Phi) is 6.20. The van der Waals surface area contributed by atoms with Crippen LogP contribution in [-0.2, 0) is 30.7 Å². The standard InChI is InChI=1S/C21H28N6OS/c1-23-18-19(22)25-21-26-20(18)27(13-28)12-14-9-15(5-3-2-4-8-29-21)17-6-7-24-11-16(17)10-14/h9-10,13,23-24H,2-8,11-12H2,1H3,(H2,22,25,26). The normalized spacial score (nSPS) is 17.2.